The molecule has 3 heteroatoms. The molecule has 0 aromatic heterocycles. The van der Waals surface area contributed by atoms with Gasteiger partial charge < -0.3 is 0 Å². The van der Waals surface area contributed by atoms with E-state index in [0.29, 0.717) is 0 Å². The number of hydrogen-bond donors (Lipinski definition) is 0. The second-order valence-electron chi connectivity index (χ2n) is 1.96. The van der Waals surface area contributed by atoms with Gasteiger partial charge in [-0.25, -0.2) is 0 Å². The van der Waals surface area contributed by atoms with Gasteiger partial charge in [0.15, 0.2) is 0 Å². The van der Waals surface area contributed by atoms with Crippen molar-refractivity contribution in [1.29, 1.82) is 0 Å². The van der Waals surface area contributed by atoms with Crippen molar-refractivity contribution < 1.29 is 0 Å². The summed E-state index contributed by atoms with van der Waals surface area (Å²) in [5, 5.41) is 1.47. The zero-order valence-electron chi connectivity index (χ0n) is 5.52. The van der Waals surface area contributed by atoms with Gasteiger partial charge in [0.2, 0.25) is 0 Å². The van der Waals surface area contributed by atoms with Gasteiger partial charge in [0.1, 0.15) is 0 Å². The van der Waals surface area contributed by atoms with Crippen LogP contribution in [-0.2, 0) is 0 Å². The van der Waals surface area contributed by atoms with Gasteiger partial charge in [0.05, 0.1) is 5.03 Å². The van der Waals surface area contributed by atoms with Crippen molar-refractivity contribution in [3.8, 4) is 0 Å². The van der Waals surface area contributed by atoms with Gasteiger partial charge in [-0.2, -0.15) is 0 Å². The molecule has 0 saturated carbocycles. The van der Waals surface area contributed by atoms with E-state index >= 15 is 0 Å². The highest BCUT2D eigenvalue weighted by Gasteiger charge is 1.95. The Morgan fingerprint density at radius 2 is 1.82 bits per heavy atom. The maximum Gasteiger partial charge on any atom is 0.0538 e. The fraction of sp³-hybridized carbons (Fsp3) is 0. The van der Waals surface area contributed by atoms with E-state index in [2.05, 4.69) is 22.6 Å². The minimum Gasteiger partial charge on any atom is -0.0843 e. The summed E-state index contributed by atoms with van der Waals surface area (Å²) in [6.07, 6.45) is 0. The van der Waals surface area contributed by atoms with Crippen LogP contribution in [0, 0.1) is 0 Å². The van der Waals surface area contributed by atoms with Crippen molar-refractivity contribution in [2.24, 2.45) is 0 Å². The zero-order chi connectivity index (χ0) is 8.27. The molecule has 11 heavy (non-hydrogen) atoms. The van der Waals surface area contributed by atoms with Crippen molar-refractivity contribution in [2.45, 2.75) is 0 Å². The first-order valence-electron chi connectivity index (χ1n) is 2.96. The van der Waals surface area contributed by atoms with Crippen LogP contribution >= 0.6 is 45.8 Å². The van der Waals surface area contributed by atoms with Crippen LogP contribution in [-0.4, -0.2) is 0 Å². The molecule has 1 aromatic rings. The number of rotatable bonds is 1. The van der Waals surface area contributed by atoms with Gasteiger partial charge in [0.25, 0.3) is 0 Å². The molecule has 1 rings (SSSR count). The van der Waals surface area contributed by atoms with E-state index in [4.69, 9.17) is 23.2 Å². The monoisotopic (exact) mass is 298 g/mol. The Hall–Kier alpha value is 0.270. The van der Waals surface area contributed by atoms with Crippen molar-refractivity contribution in [3.05, 3.63) is 38.9 Å². The van der Waals surface area contributed by atoms with Crippen molar-refractivity contribution in [3.63, 3.8) is 0 Å². The molecule has 58 valence electrons. The molecule has 0 unspecified atom stereocenters. The van der Waals surface area contributed by atoms with Gasteiger partial charge in [0, 0.05) is 5.02 Å². The van der Waals surface area contributed by atoms with E-state index in [1.807, 2.05) is 28.3 Å². The SMILES string of the molecule is Cl/C(=C/I)c1ccc(Cl)cc1. The van der Waals surface area contributed by atoms with E-state index in [1.54, 1.807) is 0 Å². The van der Waals surface area contributed by atoms with E-state index in [0.717, 1.165) is 15.6 Å². The Kier molecular flexibility index (Phi) is 3.69. The smallest absolute Gasteiger partial charge is 0.0538 e. The summed E-state index contributed by atoms with van der Waals surface area (Å²) >= 11 is 13.6. The molecule has 0 radical (unpaired) electrons. The second-order valence-corrected chi connectivity index (χ2v) is 3.43. The van der Waals surface area contributed by atoms with Gasteiger partial charge in [-0.1, -0.05) is 57.9 Å². The average Bonchev–Trinajstić information content (AvgIpc) is 2.05. The first-order valence-corrected chi connectivity index (χ1v) is 4.96. The molecule has 0 atom stereocenters. The van der Waals surface area contributed by atoms with Crippen LogP contribution in [0.2, 0.25) is 5.02 Å². The minimum absolute atomic E-state index is 0.728. The molecule has 0 spiro atoms. The van der Waals surface area contributed by atoms with Crippen LogP contribution in [0.4, 0.5) is 0 Å². The van der Waals surface area contributed by atoms with Crippen molar-refractivity contribution in [1.82, 2.24) is 0 Å². The molecule has 0 bridgehead atoms. The summed E-state index contributed by atoms with van der Waals surface area (Å²) in [6, 6.07) is 7.42. The molecular formula is C8H5Cl2I. The molecular weight excluding hydrogens is 294 g/mol. The second kappa shape index (κ2) is 4.33. The summed E-state index contributed by atoms with van der Waals surface area (Å²) in [5.41, 5.74) is 0.991. The molecule has 0 saturated heterocycles. The largest absolute Gasteiger partial charge is 0.0843 e. The molecule has 0 heterocycles. The molecule has 0 N–H and O–H groups in total. The summed E-state index contributed by atoms with van der Waals surface area (Å²) in [6.45, 7) is 0. The van der Waals surface area contributed by atoms with Gasteiger partial charge in [-0.05, 0) is 21.8 Å². The summed E-state index contributed by atoms with van der Waals surface area (Å²) in [4.78, 5) is 0. The van der Waals surface area contributed by atoms with Gasteiger partial charge in [-0.15, -0.1) is 0 Å². The summed E-state index contributed by atoms with van der Waals surface area (Å²) in [7, 11) is 0. The molecule has 0 nitrogen and oxygen atoms in total. The predicted octanol–water partition coefficient (Wildman–Crippen LogP) is 4.31. The van der Waals surface area contributed by atoms with Crippen LogP contribution in [0.5, 0.6) is 0 Å². The topological polar surface area (TPSA) is 0 Å². The lowest BCUT2D eigenvalue weighted by molar-refractivity contribution is 1.65. The molecule has 0 aliphatic rings. The van der Waals surface area contributed by atoms with Gasteiger partial charge in [-0.3, -0.25) is 0 Å². The number of halogens is 3. The highest BCUT2D eigenvalue weighted by atomic mass is 127. The third-order valence-electron chi connectivity index (χ3n) is 1.22. The van der Waals surface area contributed by atoms with E-state index in [9.17, 15) is 0 Å². The van der Waals surface area contributed by atoms with Crippen LogP contribution in [0.1, 0.15) is 5.56 Å². The fourth-order valence-electron chi connectivity index (χ4n) is 0.672. The van der Waals surface area contributed by atoms with Crippen molar-refractivity contribution in [2.75, 3.05) is 0 Å². The quantitative estimate of drug-likeness (QED) is 0.678. The first kappa shape index (κ1) is 9.36. The predicted molar refractivity (Wildman–Crippen MR) is 59.3 cm³/mol. The molecule has 0 amide bonds. The third kappa shape index (κ3) is 2.65. The lowest BCUT2D eigenvalue weighted by atomic mass is 10.2. The summed E-state index contributed by atoms with van der Waals surface area (Å²) < 4.78 is 1.82. The highest BCUT2D eigenvalue weighted by molar-refractivity contribution is 14.1. The van der Waals surface area contributed by atoms with Crippen LogP contribution in [0.15, 0.2) is 28.3 Å². The normalized spacial score (nSPS) is 11.7. The molecule has 0 aliphatic heterocycles. The number of hydrogen-bond acceptors (Lipinski definition) is 0. The van der Waals surface area contributed by atoms with Crippen LogP contribution < -0.4 is 0 Å². The highest BCUT2D eigenvalue weighted by Crippen LogP contribution is 2.21. The Balaban J connectivity index is 2.99. The Bertz CT molecular complexity index is 264. The number of benzene rings is 1. The molecule has 1 aromatic carbocycles. The van der Waals surface area contributed by atoms with E-state index < -0.39 is 0 Å². The zero-order valence-corrected chi connectivity index (χ0v) is 9.19. The molecule has 0 aliphatic carbocycles. The molecule has 0 fully saturated rings. The minimum atomic E-state index is 0.728. The van der Waals surface area contributed by atoms with E-state index in [-0.39, 0.29) is 0 Å². The van der Waals surface area contributed by atoms with Crippen LogP contribution in [0.3, 0.4) is 0 Å². The summed E-state index contributed by atoms with van der Waals surface area (Å²) in [5.74, 6) is 0. The first-order chi connectivity index (χ1) is 5.24. The van der Waals surface area contributed by atoms with Crippen LogP contribution in [0.25, 0.3) is 5.03 Å². The Morgan fingerprint density at radius 1 is 1.27 bits per heavy atom. The Morgan fingerprint density at radius 3 is 2.27 bits per heavy atom. The van der Waals surface area contributed by atoms with E-state index in [1.165, 1.54) is 0 Å². The average molecular weight is 299 g/mol. The fourth-order valence-corrected chi connectivity index (χ4v) is 1.28. The standard InChI is InChI=1S/C8H5Cl2I/c9-7-3-1-6(2-4-7)8(10)5-11/h1-5H/b8-5+. The maximum absolute atomic E-state index is 5.85. The Labute approximate surface area is 89.3 Å². The third-order valence-corrected chi connectivity index (χ3v) is 2.79. The lowest BCUT2D eigenvalue weighted by Crippen LogP contribution is -1.73. The van der Waals surface area contributed by atoms with Gasteiger partial charge >= 0.3 is 0 Å². The lowest BCUT2D eigenvalue weighted by Gasteiger charge is -1.96. The van der Waals surface area contributed by atoms with Crippen molar-refractivity contribution >= 4 is 50.8 Å². The maximum atomic E-state index is 5.85.